The van der Waals surface area contributed by atoms with Crippen molar-refractivity contribution in [2.24, 2.45) is 5.73 Å². The van der Waals surface area contributed by atoms with Crippen LogP contribution in [-0.2, 0) is 0 Å². The Balaban J connectivity index is 2.52. The van der Waals surface area contributed by atoms with E-state index in [1.165, 1.54) is 0 Å². The molecule has 0 saturated carbocycles. The SMILES string of the molecule is CC(N)CNc1cccc(Br)c1. The van der Waals surface area contributed by atoms with Gasteiger partial charge in [-0.3, -0.25) is 0 Å². The summed E-state index contributed by atoms with van der Waals surface area (Å²) in [5.41, 5.74) is 6.70. The fourth-order valence-corrected chi connectivity index (χ4v) is 1.28. The maximum absolute atomic E-state index is 5.60. The lowest BCUT2D eigenvalue weighted by molar-refractivity contribution is 0.780. The van der Waals surface area contributed by atoms with Gasteiger partial charge in [-0.2, -0.15) is 0 Å². The number of hydrogen-bond donors (Lipinski definition) is 2. The Kier molecular flexibility index (Phi) is 3.56. The molecular weight excluding hydrogens is 216 g/mol. The molecule has 0 radical (unpaired) electrons. The molecule has 3 N–H and O–H groups in total. The molecule has 0 heterocycles. The van der Waals surface area contributed by atoms with Gasteiger partial charge in [0.25, 0.3) is 0 Å². The van der Waals surface area contributed by atoms with E-state index >= 15 is 0 Å². The third-order valence-electron chi connectivity index (χ3n) is 1.45. The second-order valence-corrected chi connectivity index (χ2v) is 3.78. The summed E-state index contributed by atoms with van der Waals surface area (Å²) < 4.78 is 1.08. The van der Waals surface area contributed by atoms with Crippen LogP contribution < -0.4 is 11.1 Å². The Labute approximate surface area is 81.3 Å². The van der Waals surface area contributed by atoms with Crippen LogP contribution in [0, 0.1) is 0 Å². The summed E-state index contributed by atoms with van der Waals surface area (Å²) in [6.45, 7) is 2.78. The van der Waals surface area contributed by atoms with Gasteiger partial charge in [0, 0.05) is 22.7 Å². The molecular formula is C9H13BrN2. The van der Waals surface area contributed by atoms with E-state index in [9.17, 15) is 0 Å². The first-order valence-corrected chi connectivity index (χ1v) is 4.73. The standard InChI is InChI=1S/C9H13BrN2/c1-7(11)6-12-9-4-2-3-8(10)5-9/h2-5,7,12H,6,11H2,1H3. The number of benzene rings is 1. The molecule has 66 valence electrons. The van der Waals surface area contributed by atoms with Crippen LogP contribution in [0.15, 0.2) is 28.7 Å². The van der Waals surface area contributed by atoms with Gasteiger partial charge in [-0.15, -0.1) is 0 Å². The highest BCUT2D eigenvalue weighted by atomic mass is 79.9. The van der Waals surface area contributed by atoms with Crippen LogP contribution in [0.25, 0.3) is 0 Å². The Bertz CT molecular complexity index is 248. The van der Waals surface area contributed by atoms with Crippen molar-refractivity contribution < 1.29 is 0 Å². The average Bonchev–Trinajstić information content (AvgIpc) is 2.01. The fraction of sp³-hybridized carbons (Fsp3) is 0.333. The first-order chi connectivity index (χ1) is 5.68. The minimum Gasteiger partial charge on any atom is -0.383 e. The van der Waals surface area contributed by atoms with E-state index in [0.717, 1.165) is 16.7 Å². The van der Waals surface area contributed by atoms with Crippen molar-refractivity contribution >= 4 is 21.6 Å². The highest BCUT2D eigenvalue weighted by Gasteiger charge is 1.94. The number of nitrogens with one attached hydrogen (secondary N) is 1. The first kappa shape index (κ1) is 9.55. The van der Waals surface area contributed by atoms with Crippen LogP contribution in [0.1, 0.15) is 6.92 Å². The zero-order chi connectivity index (χ0) is 8.97. The summed E-state index contributed by atoms with van der Waals surface area (Å²) in [6.07, 6.45) is 0. The van der Waals surface area contributed by atoms with Crippen molar-refractivity contribution in [3.8, 4) is 0 Å². The van der Waals surface area contributed by atoms with Gasteiger partial charge in [-0.1, -0.05) is 22.0 Å². The van der Waals surface area contributed by atoms with Crippen LogP contribution >= 0.6 is 15.9 Å². The van der Waals surface area contributed by atoms with E-state index in [4.69, 9.17) is 5.73 Å². The lowest BCUT2D eigenvalue weighted by Gasteiger charge is -2.08. The smallest absolute Gasteiger partial charge is 0.0352 e. The topological polar surface area (TPSA) is 38.0 Å². The number of halogens is 1. The summed E-state index contributed by atoms with van der Waals surface area (Å²) in [5.74, 6) is 0. The summed E-state index contributed by atoms with van der Waals surface area (Å²) in [4.78, 5) is 0. The molecule has 2 nitrogen and oxygen atoms in total. The molecule has 0 saturated heterocycles. The largest absolute Gasteiger partial charge is 0.383 e. The van der Waals surface area contributed by atoms with Gasteiger partial charge < -0.3 is 11.1 Å². The molecule has 0 aliphatic carbocycles. The summed E-state index contributed by atoms with van der Waals surface area (Å²) >= 11 is 3.40. The van der Waals surface area contributed by atoms with E-state index < -0.39 is 0 Å². The normalized spacial score (nSPS) is 12.6. The molecule has 3 heteroatoms. The van der Waals surface area contributed by atoms with Crippen LogP contribution in [0.4, 0.5) is 5.69 Å². The molecule has 0 aliphatic heterocycles. The maximum Gasteiger partial charge on any atom is 0.0352 e. The minimum absolute atomic E-state index is 0.184. The van der Waals surface area contributed by atoms with Crippen LogP contribution in [0.5, 0.6) is 0 Å². The predicted octanol–water partition coefficient (Wildman–Crippen LogP) is 2.21. The molecule has 1 atom stereocenters. The zero-order valence-electron chi connectivity index (χ0n) is 7.05. The third kappa shape index (κ3) is 3.24. The van der Waals surface area contributed by atoms with Crippen LogP contribution in [0.2, 0.25) is 0 Å². The van der Waals surface area contributed by atoms with Gasteiger partial charge in [0.1, 0.15) is 0 Å². The second-order valence-electron chi connectivity index (χ2n) is 2.87. The van der Waals surface area contributed by atoms with Gasteiger partial charge in [0.15, 0.2) is 0 Å². The Hall–Kier alpha value is -0.540. The molecule has 1 aromatic carbocycles. The molecule has 0 bridgehead atoms. The van der Waals surface area contributed by atoms with Gasteiger partial charge in [0.05, 0.1) is 0 Å². The number of rotatable bonds is 3. The van der Waals surface area contributed by atoms with Gasteiger partial charge >= 0.3 is 0 Å². The lowest BCUT2D eigenvalue weighted by Crippen LogP contribution is -2.25. The molecule has 1 aromatic rings. The Morgan fingerprint density at radius 1 is 1.58 bits per heavy atom. The maximum atomic E-state index is 5.60. The highest BCUT2D eigenvalue weighted by molar-refractivity contribution is 9.10. The third-order valence-corrected chi connectivity index (χ3v) is 1.95. The molecule has 0 aliphatic rings. The van der Waals surface area contributed by atoms with Crippen molar-refractivity contribution in [1.82, 2.24) is 0 Å². The molecule has 1 rings (SSSR count). The van der Waals surface area contributed by atoms with Crippen molar-refractivity contribution in [2.45, 2.75) is 13.0 Å². The Morgan fingerprint density at radius 3 is 2.92 bits per heavy atom. The predicted molar refractivity (Wildman–Crippen MR) is 56.3 cm³/mol. The lowest BCUT2D eigenvalue weighted by atomic mass is 10.3. The second kappa shape index (κ2) is 4.48. The van der Waals surface area contributed by atoms with Crippen molar-refractivity contribution in [3.63, 3.8) is 0 Å². The van der Waals surface area contributed by atoms with Crippen molar-refractivity contribution in [3.05, 3.63) is 28.7 Å². The molecule has 0 spiro atoms. The van der Waals surface area contributed by atoms with Gasteiger partial charge in [-0.05, 0) is 25.1 Å². The van der Waals surface area contributed by atoms with E-state index in [-0.39, 0.29) is 6.04 Å². The highest BCUT2D eigenvalue weighted by Crippen LogP contribution is 2.15. The monoisotopic (exact) mass is 228 g/mol. The quantitative estimate of drug-likeness (QED) is 0.833. The average molecular weight is 229 g/mol. The minimum atomic E-state index is 0.184. The van der Waals surface area contributed by atoms with E-state index in [1.54, 1.807) is 0 Å². The summed E-state index contributed by atoms with van der Waals surface area (Å²) in [5, 5.41) is 3.23. The van der Waals surface area contributed by atoms with Crippen LogP contribution in [0.3, 0.4) is 0 Å². The Morgan fingerprint density at radius 2 is 2.33 bits per heavy atom. The number of hydrogen-bond acceptors (Lipinski definition) is 2. The summed E-state index contributed by atoms with van der Waals surface area (Å²) in [7, 11) is 0. The van der Waals surface area contributed by atoms with E-state index in [0.29, 0.717) is 0 Å². The van der Waals surface area contributed by atoms with E-state index in [1.807, 2.05) is 31.2 Å². The van der Waals surface area contributed by atoms with Crippen molar-refractivity contribution in [1.29, 1.82) is 0 Å². The molecule has 0 fully saturated rings. The van der Waals surface area contributed by atoms with Gasteiger partial charge in [-0.25, -0.2) is 0 Å². The zero-order valence-corrected chi connectivity index (χ0v) is 8.64. The van der Waals surface area contributed by atoms with E-state index in [2.05, 4.69) is 21.2 Å². The molecule has 0 aromatic heterocycles. The van der Waals surface area contributed by atoms with Crippen LogP contribution in [-0.4, -0.2) is 12.6 Å². The molecule has 0 amide bonds. The number of anilines is 1. The first-order valence-electron chi connectivity index (χ1n) is 3.93. The van der Waals surface area contributed by atoms with Crippen molar-refractivity contribution in [2.75, 3.05) is 11.9 Å². The molecule has 1 unspecified atom stereocenters. The van der Waals surface area contributed by atoms with Gasteiger partial charge in [0.2, 0.25) is 0 Å². The fourth-order valence-electron chi connectivity index (χ4n) is 0.877. The number of nitrogens with two attached hydrogens (primary N) is 1. The summed E-state index contributed by atoms with van der Waals surface area (Å²) in [6, 6.07) is 8.23. The molecule has 12 heavy (non-hydrogen) atoms.